The minimum Gasteiger partial charge on any atom is -0.496 e. The van der Waals surface area contributed by atoms with Crippen molar-refractivity contribution >= 4 is 56.5 Å². The van der Waals surface area contributed by atoms with Gasteiger partial charge in [-0.2, -0.15) is 0 Å². The number of benzene rings is 2. The second-order valence-corrected chi connectivity index (χ2v) is 7.54. The fourth-order valence-corrected chi connectivity index (χ4v) is 3.79. The monoisotopic (exact) mass is 446 g/mol. The predicted octanol–water partition coefficient (Wildman–Crippen LogP) is 4.39. The Labute approximate surface area is 168 Å². The summed E-state index contributed by atoms with van der Waals surface area (Å²) in [4.78, 5) is 30.1. The molecule has 138 valence electrons. The third kappa shape index (κ3) is 4.23. The van der Waals surface area contributed by atoms with Crippen molar-refractivity contribution in [2.45, 2.75) is 0 Å². The first-order valence-electron chi connectivity index (χ1n) is 7.82. The van der Waals surface area contributed by atoms with Gasteiger partial charge in [0.15, 0.2) is 5.17 Å². The van der Waals surface area contributed by atoms with Crippen LogP contribution in [0.1, 0.15) is 15.9 Å². The topological polar surface area (TPSA) is 79.2 Å². The Morgan fingerprint density at radius 2 is 2.07 bits per heavy atom. The summed E-state index contributed by atoms with van der Waals surface area (Å²) in [5.41, 5.74) is 1.38. The first kappa shape index (κ1) is 19.2. The Balaban J connectivity index is 1.95. The SMILES string of the molecule is COc1ccc(Br)cc1C=C1SC(=Nc2cccc(C(=O)O)c2)N(C)C1=O. The predicted molar refractivity (Wildman–Crippen MR) is 110 cm³/mol. The standard InChI is InChI=1S/C19H15BrN2O4S/c1-22-17(23)16(10-12-8-13(20)6-7-15(12)26-2)27-19(22)21-14-5-3-4-11(9-14)18(24)25/h3-10H,1-2H3,(H,24,25). The number of carbonyl (C=O) groups is 2. The number of thioether (sulfide) groups is 1. The van der Waals surface area contributed by atoms with Crippen molar-refractivity contribution in [2.75, 3.05) is 14.2 Å². The quantitative estimate of drug-likeness (QED) is 0.704. The zero-order valence-corrected chi connectivity index (χ0v) is 16.9. The minimum absolute atomic E-state index is 0.142. The summed E-state index contributed by atoms with van der Waals surface area (Å²) in [7, 11) is 3.21. The molecule has 1 saturated heterocycles. The number of methoxy groups -OCH3 is 1. The van der Waals surface area contributed by atoms with Gasteiger partial charge >= 0.3 is 5.97 Å². The number of aromatic carboxylic acids is 1. The molecule has 0 radical (unpaired) electrons. The van der Waals surface area contributed by atoms with E-state index in [0.717, 1.165) is 10.0 Å². The number of aliphatic imine (C=N–C) groups is 1. The highest BCUT2D eigenvalue weighted by atomic mass is 79.9. The number of hydrogen-bond donors (Lipinski definition) is 1. The molecule has 1 aliphatic heterocycles. The molecule has 0 spiro atoms. The van der Waals surface area contributed by atoms with Crippen LogP contribution in [0.4, 0.5) is 5.69 Å². The van der Waals surface area contributed by atoms with Crippen LogP contribution in [0.5, 0.6) is 5.75 Å². The third-order valence-electron chi connectivity index (χ3n) is 3.80. The van der Waals surface area contributed by atoms with Crippen LogP contribution in [-0.2, 0) is 4.79 Å². The molecule has 1 fully saturated rings. The molecule has 0 aromatic heterocycles. The number of likely N-dealkylation sites (N-methyl/N-ethyl adjacent to an activating group) is 1. The molecule has 0 aliphatic carbocycles. The molecule has 0 saturated carbocycles. The van der Waals surface area contributed by atoms with Gasteiger partial charge in [0.2, 0.25) is 0 Å². The van der Waals surface area contributed by atoms with Gasteiger partial charge in [0.05, 0.1) is 23.3 Å². The minimum atomic E-state index is -1.03. The van der Waals surface area contributed by atoms with Crippen LogP contribution in [0.25, 0.3) is 6.08 Å². The molecule has 0 unspecified atom stereocenters. The Kier molecular flexibility index (Phi) is 5.67. The Morgan fingerprint density at radius 3 is 2.78 bits per heavy atom. The number of amides is 1. The van der Waals surface area contributed by atoms with Gasteiger partial charge in [0.25, 0.3) is 5.91 Å². The van der Waals surface area contributed by atoms with Crippen molar-refractivity contribution in [1.82, 2.24) is 4.90 Å². The lowest BCUT2D eigenvalue weighted by atomic mass is 10.2. The summed E-state index contributed by atoms with van der Waals surface area (Å²) in [5.74, 6) is -0.556. The highest BCUT2D eigenvalue weighted by molar-refractivity contribution is 9.10. The molecule has 2 aromatic rings. The maximum Gasteiger partial charge on any atom is 0.335 e. The molecule has 27 heavy (non-hydrogen) atoms. The van der Waals surface area contributed by atoms with Crippen LogP contribution in [-0.4, -0.2) is 41.2 Å². The van der Waals surface area contributed by atoms with E-state index in [1.165, 1.54) is 28.8 Å². The van der Waals surface area contributed by atoms with Gasteiger partial charge in [-0.05, 0) is 54.2 Å². The Hall–Kier alpha value is -2.58. The van der Waals surface area contributed by atoms with Gasteiger partial charge in [0, 0.05) is 17.1 Å². The molecule has 8 heteroatoms. The van der Waals surface area contributed by atoms with E-state index in [4.69, 9.17) is 9.84 Å². The largest absolute Gasteiger partial charge is 0.496 e. The smallest absolute Gasteiger partial charge is 0.335 e. The van der Waals surface area contributed by atoms with E-state index in [0.29, 0.717) is 21.5 Å². The number of carboxylic acids is 1. The van der Waals surface area contributed by atoms with E-state index in [9.17, 15) is 9.59 Å². The highest BCUT2D eigenvalue weighted by Crippen LogP contribution is 2.35. The van der Waals surface area contributed by atoms with E-state index in [1.807, 2.05) is 18.2 Å². The van der Waals surface area contributed by atoms with Gasteiger partial charge in [-0.1, -0.05) is 22.0 Å². The van der Waals surface area contributed by atoms with Gasteiger partial charge in [0.1, 0.15) is 5.75 Å². The summed E-state index contributed by atoms with van der Waals surface area (Å²) in [6, 6.07) is 11.8. The molecule has 1 aliphatic rings. The summed E-state index contributed by atoms with van der Waals surface area (Å²) >= 11 is 4.64. The number of rotatable bonds is 4. The zero-order chi connectivity index (χ0) is 19.6. The van der Waals surface area contributed by atoms with Crippen LogP contribution in [0.3, 0.4) is 0 Å². The van der Waals surface area contributed by atoms with Crippen LogP contribution in [0.2, 0.25) is 0 Å². The molecule has 0 atom stereocenters. The molecule has 3 rings (SSSR count). The fraction of sp³-hybridized carbons (Fsp3) is 0.105. The number of carboxylic acid groups (broad SMARTS) is 1. The maximum absolute atomic E-state index is 12.6. The van der Waals surface area contributed by atoms with E-state index in [2.05, 4.69) is 20.9 Å². The lowest BCUT2D eigenvalue weighted by Gasteiger charge is -2.07. The lowest BCUT2D eigenvalue weighted by Crippen LogP contribution is -2.23. The average molecular weight is 447 g/mol. The second kappa shape index (κ2) is 7.98. The van der Waals surface area contributed by atoms with Crippen LogP contribution in [0, 0.1) is 0 Å². The number of hydrogen-bond acceptors (Lipinski definition) is 5. The van der Waals surface area contributed by atoms with Crippen molar-refractivity contribution in [3.8, 4) is 5.75 Å². The fourth-order valence-electron chi connectivity index (χ4n) is 2.43. The first-order valence-corrected chi connectivity index (χ1v) is 9.43. The second-order valence-electron chi connectivity index (χ2n) is 5.61. The summed E-state index contributed by atoms with van der Waals surface area (Å²) in [6.07, 6.45) is 1.75. The number of nitrogens with zero attached hydrogens (tertiary/aromatic N) is 2. The molecular formula is C19H15BrN2O4S. The summed E-state index contributed by atoms with van der Waals surface area (Å²) < 4.78 is 6.22. The van der Waals surface area contributed by atoms with Crippen molar-refractivity contribution in [1.29, 1.82) is 0 Å². The molecule has 1 amide bonds. The zero-order valence-electron chi connectivity index (χ0n) is 14.5. The lowest BCUT2D eigenvalue weighted by molar-refractivity contribution is -0.121. The van der Waals surface area contributed by atoms with E-state index >= 15 is 0 Å². The Bertz CT molecular complexity index is 987. The molecule has 6 nitrogen and oxygen atoms in total. The van der Waals surface area contributed by atoms with Crippen LogP contribution < -0.4 is 4.74 Å². The molecule has 1 N–H and O–H groups in total. The van der Waals surface area contributed by atoms with Gasteiger partial charge in [-0.3, -0.25) is 9.69 Å². The average Bonchev–Trinajstić information content (AvgIpc) is 2.90. The number of halogens is 1. The molecule has 2 aromatic carbocycles. The number of carbonyl (C=O) groups excluding carboxylic acids is 1. The van der Waals surface area contributed by atoms with Crippen molar-refractivity contribution in [3.63, 3.8) is 0 Å². The highest BCUT2D eigenvalue weighted by Gasteiger charge is 2.30. The van der Waals surface area contributed by atoms with Gasteiger partial charge in [-0.25, -0.2) is 9.79 Å². The van der Waals surface area contributed by atoms with Crippen molar-refractivity contribution in [2.24, 2.45) is 4.99 Å². The third-order valence-corrected chi connectivity index (χ3v) is 5.35. The van der Waals surface area contributed by atoms with Crippen LogP contribution in [0.15, 0.2) is 56.8 Å². The normalized spacial score (nSPS) is 17.0. The summed E-state index contributed by atoms with van der Waals surface area (Å²) in [5, 5.41) is 9.57. The molecular weight excluding hydrogens is 432 g/mol. The number of amidine groups is 1. The van der Waals surface area contributed by atoms with Crippen molar-refractivity contribution < 1.29 is 19.4 Å². The maximum atomic E-state index is 12.6. The first-order chi connectivity index (χ1) is 12.9. The van der Waals surface area contributed by atoms with Gasteiger partial charge in [-0.15, -0.1) is 0 Å². The van der Waals surface area contributed by atoms with E-state index in [-0.39, 0.29) is 11.5 Å². The van der Waals surface area contributed by atoms with E-state index < -0.39 is 5.97 Å². The van der Waals surface area contributed by atoms with Gasteiger partial charge < -0.3 is 9.84 Å². The summed E-state index contributed by atoms with van der Waals surface area (Å²) in [6.45, 7) is 0. The Morgan fingerprint density at radius 1 is 1.30 bits per heavy atom. The van der Waals surface area contributed by atoms with Crippen molar-refractivity contribution in [3.05, 3.63) is 63.0 Å². The molecule has 1 heterocycles. The van der Waals surface area contributed by atoms with Crippen LogP contribution >= 0.6 is 27.7 Å². The van der Waals surface area contributed by atoms with E-state index in [1.54, 1.807) is 32.4 Å². The molecule has 0 bridgehead atoms. The number of ether oxygens (including phenoxy) is 1.